The van der Waals surface area contributed by atoms with E-state index in [0.717, 1.165) is 18.4 Å². The molecule has 3 heteroatoms. The SMILES string of the molecule is COc1cc(F)cc(C2(CN)CCCCC2)c1. The Bertz CT molecular complexity index is 386. The second-order valence-electron chi connectivity index (χ2n) is 4.92. The van der Waals surface area contributed by atoms with Crippen LogP contribution in [0.2, 0.25) is 0 Å². The quantitative estimate of drug-likeness (QED) is 0.877. The molecule has 0 unspecified atom stereocenters. The molecule has 0 bridgehead atoms. The Morgan fingerprint density at radius 2 is 1.94 bits per heavy atom. The highest BCUT2D eigenvalue weighted by Crippen LogP contribution is 2.39. The molecule has 0 saturated heterocycles. The van der Waals surface area contributed by atoms with Crippen LogP contribution in [0, 0.1) is 5.82 Å². The maximum absolute atomic E-state index is 13.6. The highest BCUT2D eigenvalue weighted by Gasteiger charge is 2.33. The van der Waals surface area contributed by atoms with Crippen molar-refractivity contribution in [1.82, 2.24) is 0 Å². The Kier molecular flexibility index (Phi) is 3.67. The van der Waals surface area contributed by atoms with Crippen molar-refractivity contribution < 1.29 is 9.13 Å². The summed E-state index contributed by atoms with van der Waals surface area (Å²) in [5.74, 6) is 0.344. The summed E-state index contributed by atoms with van der Waals surface area (Å²) in [6.07, 6.45) is 5.71. The highest BCUT2D eigenvalue weighted by atomic mass is 19.1. The number of nitrogens with two attached hydrogens (primary N) is 1. The van der Waals surface area contributed by atoms with Gasteiger partial charge in [-0.3, -0.25) is 0 Å². The van der Waals surface area contributed by atoms with Crippen molar-refractivity contribution in [3.8, 4) is 5.75 Å². The summed E-state index contributed by atoms with van der Waals surface area (Å²) in [6, 6.07) is 4.96. The molecule has 0 amide bonds. The molecular formula is C14H20FNO. The molecule has 0 heterocycles. The van der Waals surface area contributed by atoms with Gasteiger partial charge in [-0.15, -0.1) is 0 Å². The van der Waals surface area contributed by atoms with Gasteiger partial charge in [0.2, 0.25) is 0 Å². The van der Waals surface area contributed by atoms with Crippen LogP contribution in [0.3, 0.4) is 0 Å². The summed E-state index contributed by atoms with van der Waals surface area (Å²) >= 11 is 0. The van der Waals surface area contributed by atoms with Crippen LogP contribution in [0.15, 0.2) is 18.2 Å². The summed E-state index contributed by atoms with van der Waals surface area (Å²) in [7, 11) is 1.56. The molecule has 0 atom stereocenters. The molecule has 0 aromatic heterocycles. The molecule has 1 aliphatic carbocycles. The Morgan fingerprint density at radius 1 is 1.24 bits per heavy atom. The number of halogens is 1. The van der Waals surface area contributed by atoms with Gasteiger partial charge < -0.3 is 10.5 Å². The van der Waals surface area contributed by atoms with E-state index in [1.54, 1.807) is 13.2 Å². The molecule has 0 radical (unpaired) electrons. The van der Waals surface area contributed by atoms with E-state index < -0.39 is 0 Å². The summed E-state index contributed by atoms with van der Waals surface area (Å²) in [5, 5.41) is 0. The summed E-state index contributed by atoms with van der Waals surface area (Å²) in [4.78, 5) is 0. The Balaban J connectivity index is 2.38. The Labute approximate surface area is 102 Å². The van der Waals surface area contributed by atoms with Crippen LogP contribution in [0.1, 0.15) is 37.7 Å². The normalized spacial score (nSPS) is 19.0. The first-order valence-corrected chi connectivity index (χ1v) is 6.25. The third-order valence-corrected chi connectivity index (χ3v) is 3.92. The molecule has 94 valence electrons. The van der Waals surface area contributed by atoms with Crippen LogP contribution in [0.25, 0.3) is 0 Å². The van der Waals surface area contributed by atoms with Gasteiger partial charge in [0.25, 0.3) is 0 Å². The molecule has 1 aromatic carbocycles. The zero-order valence-electron chi connectivity index (χ0n) is 10.3. The molecule has 0 spiro atoms. The van der Waals surface area contributed by atoms with E-state index in [9.17, 15) is 4.39 Å². The van der Waals surface area contributed by atoms with Gasteiger partial charge >= 0.3 is 0 Å². The lowest BCUT2D eigenvalue weighted by Gasteiger charge is -2.37. The third kappa shape index (κ3) is 2.44. The van der Waals surface area contributed by atoms with Crippen molar-refractivity contribution in [3.05, 3.63) is 29.6 Å². The zero-order valence-corrected chi connectivity index (χ0v) is 10.3. The van der Waals surface area contributed by atoms with Crippen molar-refractivity contribution in [2.24, 2.45) is 5.73 Å². The van der Waals surface area contributed by atoms with Crippen LogP contribution in [0.5, 0.6) is 5.75 Å². The number of methoxy groups -OCH3 is 1. The van der Waals surface area contributed by atoms with E-state index in [-0.39, 0.29) is 11.2 Å². The van der Waals surface area contributed by atoms with Gasteiger partial charge in [-0.25, -0.2) is 4.39 Å². The molecule has 2 rings (SSSR count). The molecule has 1 saturated carbocycles. The van der Waals surface area contributed by atoms with Crippen molar-refractivity contribution >= 4 is 0 Å². The lowest BCUT2D eigenvalue weighted by atomic mass is 9.69. The molecule has 1 aromatic rings. The maximum atomic E-state index is 13.6. The maximum Gasteiger partial charge on any atom is 0.127 e. The molecule has 2 nitrogen and oxygen atoms in total. The van der Waals surface area contributed by atoms with Crippen molar-refractivity contribution in [2.75, 3.05) is 13.7 Å². The minimum Gasteiger partial charge on any atom is -0.497 e. The fourth-order valence-corrected chi connectivity index (χ4v) is 2.83. The average Bonchev–Trinajstić information content (AvgIpc) is 2.38. The van der Waals surface area contributed by atoms with Gasteiger partial charge in [0.1, 0.15) is 11.6 Å². The highest BCUT2D eigenvalue weighted by molar-refractivity contribution is 5.35. The van der Waals surface area contributed by atoms with E-state index in [0.29, 0.717) is 12.3 Å². The van der Waals surface area contributed by atoms with Crippen molar-refractivity contribution in [2.45, 2.75) is 37.5 Å². The van der Waals surface area contributed by atoms with Gasteiger partial charge in [-0.1, -0.05) is 19.3 Å². The van der Waals surface area contributed by atoms with Crippen molar-refractivity contribution in [1.29, 1.82) is 0 Å². The zero-order chi connectivity index (χ0) is 12.3. The number of ether oxygens (including phenoxy) is 1. The predicted molar refractivity (Wildman–Crippen MR) is 66.8 cm³/mol. The molecule has 17 heavy (non-hydrogen) atoms. The molecule has 1 fully saturated rings. The number of rotatable bonds is 3. The first-order valence-electron chi connectivity index (χ1n) is 6.25. The first-order chi connectivity index (χ1) is 8.20. The van der Waals surface area contributed by atoms with Gasteiger partial charge in [0.15, 0.2) is 0 Å². The minimum atomic E-state index is -0.238. The predicted octanol–water partition coefficient (Wildman–Crippen LogP) is 2.99. The number of hydrogen-bond acceptors (Lipinski definition) is 2. The van der Waals surface area contributed by atoms with Crippen LogP contribution in [-0.2, 0) is 5.41 Å². The van der Waals surface area contributed by atoms with Gasteiger partial charge in [-0.2, -0.15) is 0 Å². The average molecular weight is 237 g/mol. The van der Waals surface area contributed by atoms with Crippen LogP contribution in [-0.4, -0.2) is 13.7 Å². The van der Waals surface area contributed by atoms with Gasteiger partial charge in [-0.05, 0) is 30.5 Å². The van der Waals surface area contributed by atoms with E-state index >= 15 is 0 Å². The Morgan fingerprint density at radius 3 is 2.53 bits per heavy atom. The fourth-order valence-electron chi connectivity index (χ4n) is 2.83. The fraction of sp³-hybridized carbons (Fsp3) is 0.571. The monoisotopic (exact) mass is 237 g/mol. The standard InChI is InChI=1S/C14H20FNO/c1-17-13-8-11(7-12(15)9-13)14(10-16)5-3-2-4-6-14/h7-9H,2-6,10,16H2,1H3. The molecular weight excluding hydrogens is 217 g/mol. The Hall–Kier alpha value is -1.09. The smallest absolute Gasteiger partial charge is 0.127 e. The number of benzene rings is 1. The van der Waals surface area contributed by atoms with Crippen LogP contribution >= 0.6 is 0 Å². The summed E-state index contributed by atoms with van der Waals surface area (Å²) in [6.45, 7) is 0.583. The second kappa shape index (κ2) is 5.05. The molecule has 1 aliphatic rings. The molecule has 2 N–H and O–H groups in total. The lowest BCUT2D eigenvalue weighted by Crippen LogP contribution is -2.37. The van der Waals surface area contributed by atoms with Gasteiger partial charge in [0, 0.05) is 18.0 Å². The number of hydrogen-bond donors (Lipinski definition) is 1. The largest absolute Gasteiger partial charge is 0.497 e. The summed E-state index contributed by atoms with van der Waals surface area (Å²) in [5.41, 5.74) is 6.90. The van der Waals surface area contributed by atoms with Crippen molar-refractivity contribution in [3.63, 3.8) is 0 Å². The van der Waals surface area contributed by atoms with Crippen LogP contribution in [0.4, 0.5) is 4.39 Å². The topological polar surface area (TPSA) is 35.2 Å². The second-order valence-corrected chi connectivity index (χ2v) is 4.92. The third-order valence-electron chi connectivity index (χ3n) is 3.92. The van der Waals surface area contributed by atoms with E-state index in [4.69, 9.17) is 10.5 Å². The van der Waals surface area contributed by atoms with Crippen LogP contribution < -0.4 is 10.5 Å². The minimum absolute atomic E-state index is 0.0480. The molecule has 0 aliphatic heterocycles. The first kappa shape index (κ1) is 12.4. The lowest BCUT2D eigenvalue weighted by molar-refractivity contribution is 0.298. The van der Waals surface area contributed by atoms with E-state index in [2.05, 4.69) is 0 Å². The summed E-state index contributed by atoms with van der Waals surface area (Å²) < 4.78 is 18.7. The van der Waals surface area contributed by atoms with E-state index in [1.165, 1.54) is 25.3 Å². The van der Waals surface area contributed by atoms with E-state index in [1.807, 2.05) is 6.07 Å². The van der Waals surface area contributed by atoms with Gasteiger partial charge in [0.05, 0.1) is 7.11 Å².